The summed E-state index contributed by atoms with van der Waals surface area (Å²) in [5, 5.41) is 14.5. The molecule has 24 heavy (non-hydrogen) atoms. The maximum Gasteiger partial charge on any atom is 0.191 e. The molecule has 0 bridgehead atoms. The summed E-state index contributed by atoms with van der Waals surface area (Å²) in [7, 11) is 1.75. The lowest BCUT2D eigenvalue weighted by atomic mass is 10.3. The van der Waals surface area contributed by atoms with Crippen LogP contribution in [-0.2, 0) is 13.0 Å². The fourth-order valence-corrected chi connectivity index (χ4v) is 2.39. The van der Waals surface area contributed by atoms with E-state index in [0.29, 0.717) is 13.2 Å². The third-order valence-corrected chi connectivity index (χ3v) is 3.89. The van der Waals surface area contributed by atoms with Crippen LogP contribution in [0.2, 0.25) is 0 Å². The van der Waals surface area contributed by atoms with E-state index in [4.69, 9.17) is 4.74 Å². The van der Waals surface area contributed by atoms with E-state index >= 15 is 0 Å². The number of halogens is 1. The Bertz CT molecular complexity index is 640. The van der Waals surface area contributed by atoms with Gasteiger partial charge in [-0.2, -0.15) is 0 Å². The van der Waals surface area contributed by atoms with Gasteiger partial charge in [-0.1, -0.05) is 22.9 Å². The van der Waals surface area contributed by atoms with Crippen molar-refractivity contribution in [1.82, 2.24) is 25.4 Å². The molecule has 0 aliphatic heterocycles. The van der Waals surface area contributed by atoms with Gasteiger partial charge in [-0.05, 0) is 24.3 Å². The molecule has 0 amide bonds. The second kappa shape index (κ2) is 9.92. The van der Waals surface area contributed by atoms with Crippen molar-refractivity contribution in [2.75, 3.05) is 26.7 Å². The number of rotatable bonds is 8. The number of benzene rings is 1. The number of aliphatic imine (C=N–C) groups is 1. The Morgan fingerprint density at radius 2 is 2.00 bits per heavy atom. The number of aryl methyl sites for hydroxylation is 1. The highest BCUT2D eigenvalue weighted by Gasteiger charge is 2.02. The Morgan fingerprint density at radius 3 is 2.71 bits per heavy atom. The van der Waals surface area contributed by atoms with Crippen LogP contribution in [0.1, 0.15) is 12.7 Å². The minimum atomic E-state index is 0.563. The zero-order valence-corrected chi connectivity index (χ0v) is 15.6. The van der Waals surface area contributed by atoms with Crippen LogP contribution in [0.25, 0.3) is 0 Å². The summed E-state index contributed by atoms with van der Waals surface area (Å²) in [6.45, 7) is 4.85. The minimum Gasteiger partial charge on any atom is -0.492 e. The lowest BCUT2D eigenvalue weighted by Crippen LogP contribution is -2.40. The SMILES string of the molecule is CCc1nncn1CCNC(=NC)NCCOc1ccc(Br)cc1. The molecule has 2 N–H and O–H groups in total. The number of nitrogens with zero attached hydrogens (tertiary/aromatic N) is 4. The fourth-order valence-electron chi connectivity index (χ4n) is 2.12. The van der Waals surface area contributed by atoms with Gasteiger partial charge in [0.15, 0.2) is 5.96 Å². The molecule has 0 saturated carbocycles. The topological polar surface area (TPSA) is 76.4 Å². The van der Waals surface area contributed by atoms with Gasteiger partial charge in [0.05, 0.1) is 6.54 Å². The van der Waals surface area contributed by atoms with Crippen LogP contribution in [0.5, 0.6) is 5.75 Å². The molecule has 1 aromatic carbocycles. The van der Waals surface area contributed by atoms with Crippen molar-refractivity contribution in [2.24, 2.45) is 4.99 Å². The van der Waals surface area contributed by atoms with Crippen molar-refractivity contribution in [1.29, 1.82) is 0 Å². The van der Waals surface area contributed by atoms with Crippen molar-refractivity contribution in [3.05, 3.63) is 40.9 Å². The van der Waals surface area contributed by atoms with Gasteiger partial charge in [0.25, 0.3) is 0 Å². The average Bonchev–Trinajstić information content (AvgIpc) is 3.06. The van der Waals surface area contributed by atoms with E-state index < -0.39 is 0 Å². The van der Waals surface area contributed by atoms with Crippen molar-refractivity contribution in [3.63, 3.8) is 0 Å². The standard InChI is InChI=1S/C16H23BrN6O/c1-3-15-22-21-12-23(15)10-8-19-16(18-2)20-9-11-24-14-6-4-13(17)5-7-14/h4-7,12H,3,8-11H2,1-2H3,(H2,18,19,20). The summed E-state index contributed by atoms with van der Waals surface area (Å²) in [5.41, 5.74) is 0. The molecule has 2 aromatic rings. The Labute approximate surface area is 150 Å². The van der Waals surface area contributed by atoms with Gasteiger partial charge in [0.1, 0.15) is 24.5 Å². The van der Waals surface area contributed by atoms with Gasteiger partial charge < -0.3 is 19.9 Å². The first-order chi connectivity index (χ1) is 11.7. The molecule has 0 spiro atoms. The quantitative estimate of drug-likeness (QED) is 0.405. The molecule has 0 radical (unpaired) electrons. The van der Waals surface area contributed by atoms with Gasteiger partial charge in [-0.25, -0.2) is 0 Å². The largest absolute Gasteiger partial charge is 0.492 e. The van der Waals surface area contributed by atoms with Crippen LogP contribution < -0.4 is 15.4 Å². The molecule has 1 heterocycles. The molecule has 7 nitrogen and oxygen atoms in total. The molecule has 2 rings (SSSR count). The number of nitrogens with one attached hydrogen (secondary N) is 2. The lowest BCUT2D eigenvalue weighted by Gasteiger charge is -2.13. The maximum atomic E-state index is 5.66. The molecule has 0 saturated heterocycles. The van der Waals surface area contributed by atoms with E-state index in [-0.39, 0.29) is 0 Å². The fraction of sp³-hybridized carbons (Fsp3) is 0.438. The highest BCUT2D eigenvalue weighted by Crippen LogP contribution is 2.15. The van der Waals surface area contributed by atoms with Crippen LogP contribution in [0, 0.1) is 0 Å². The van der Waals surface area contributed by atoms with Crippen molar-refractivity contribution in [2.45, 2.75) is 19.9 Å². The normalized spacial score (nSPS) is 11.4. The van der Waals surface area contributed by atoms with E-state index in [0.717, 1.165) is 41.5 Å². The van der Waals surface area contributed by atoms with Crippen LogP contribution in [0.3, 0.4) is 0 Å². The summed E-state index contributed by atoms with van der Waals surface area (Å²) in [4.78, 5) is 4.20. The Kier molecular flexibility index (Phi) is 7.54. The number of guanidine groups is 1. The number of ether oxygens (including phenoxy) is 1. The monoisotopic (exact) mass is 394 g/mol. The number of hydrogen-bond donors (Lipinski definition) is 2. The summed E-state index contributed by atoms with van der Waals surface area (Å²) in [5.74, 6) is 2.59. The van der Waals surface area contributed by atoms with E-state index in [1.807, 2.05) is 28.8 Å². The van der Waals surface area contributed by atoms with E-state index in [1.165, 1.54) is 0 Å². The summed E-state index contributed by atoms with van der Waals surface area (Å²) in [6.07, 6.45) is 2.63. The molecular formula is C16H23BrN6O. The molecule has 1 aromatic heterocycles. The minimum absolute atomic E-state index is 0.563. The zero-order chi connectivity index (χ0) is 17.2. The predicted octanol–water partition coefficient (Wildman–Crippen LogP) is 1.85. The second-order valence-electron chi connectivity index (χ2n) is 5.02. The van der Waals surface area contributed by atoms with Gasteiger partial charge >= 0.3 is 0 Å². The average molecular weight is 395 g/mol. The van der Waals surface area contributed by atoms with Crippen molar-refractivity contribution >= 4 is 21.9 Å². The predicted molar refractivity (Wildman–Crippen MR) is 98.4 cm³/mol. The summed E-state index contributed by atoms with van der Waals surface area (Å²) >= 11 is 3.40. The molecular weight excluding hydrogens is 372 g/mol. The van der Waals surface area contributed by atoms with Gasteiger partial charge in [0.2, 0.25) is 0 Å². The van der Waals surface area contributed by atoms with E-state index in [9.17, 15) is 0 Å². The second-order valence-corrected chi connectivity index (χ2v) is 5.94. The number of hydrogen-bond acceptors (Lipinski definition) is 4. The Balaban J connectivity index is 1.64. The van der Waals surface area contributed by atoms with Crippen LogP contribution >= 0.6 is 15.9 Å². The molecule has 8 heteroatoms. The molecule has 130 valence electrons. The first kappa shape index (κ1) is 18.3. The lowest BCUT2D eigenvalue weighted by molar-refractivity contribution is 0.322. The van der Waals surface area contributed by atoms with Gasteiger partial charge in [-0.3, -0.25) is 4.99 Å². The first-order valence-electron chi connectivity index (χ1n) is 7.92. The van der Waals surface area contributed by atoms with E-state index in [1.54, 1.807) is 13.4 Å². The van der Waals surface area contributed by atoms with Crippen LogP contribution in [-0.4, -0.2) is 47.5 Å². The summed E-state index contributed by atoms with van der Waals surface area (Å²) < 4.78 is 8.74. The molecule has 0 unspecified atom stereocenters. The molecule has 0 atom stereocenters. The Hall–Kier alpha value is -2.09. The maximum absolute atomic E-state index is 5.66. The molecule has 0 fully saturated rings. The number of aromatic nitrogens is 3. The third-order valence-electron chi connectivity index (χ3n) is 3.36. The van der Waals surface area contributed by atoms with Crippen molar-refractivity contribution < 1.29 is 4.74 Å². The highest BCUT2D eigenvalue weighted by atomic mass is 79.9. The van der Waals surface area contributed by atoms with Gasteiger partial charge in [0, 0.05) is 31.0 Å². The first-order valence-corrected chi connectivity index (χ1v) is 8.71. The van der Waals surface area contributed by atoms with Crippen LogP contribution in [0.15, 0.2) is 40.1 Å². The van der Waals surface area contributed by atoms with Gasteiger partial charge in [-0.15, -0.1) is 10.2 Å². The highest BCUT2D eigenvalue weighted by molar-refractivity contribution is 9.10. The zero-order valence-electron chi connectivity index (χ0n) is 14.0. The van der Waals surface area contributed by atoms with E-state index in [2.05, 4.69) is 48.7 Å². The smallest absolute Gasteiger partial charge is 0.191 e. The van der Waals surface area contributed by atoms with Crippen LogP contribution in [0.4, 0.5) is 0 Å². The molecule has 0 aliphatic rings. The molecule has 0 aliphatic carbocycles. The van der Waals surface area contributed by atoms with Crippen molar-refractivity contribution in [3.8, 4) is 5.75 Å². The summed E-state index contributed by atoms with van der Waals surface area (Å²) in [6, 6.07) is 7.78. The Morgan fingerprint density at radius 1 is 1.25 bits per heavy atom. The third kappa shape index (κ3) is 5.84.